The van der Waals surface area contributed by atoms with Gasteiger partial charge in [0.2, 0.25) is 5.95 Å². The van der Waals surface area contributed by atoms with Crippen LogP contribution in [0.5, 0.6) is 0 Å². The fourth-order valence-corrected chi connectivity index (χ4v) is 2.30. The van der Waals surface area contributed by atoms with E-state index < -0.39 is 30.3 Å². The number of anilines is 2. The van der Waals surface area contributed by atoms with Crippen molar-refractivity contribution in [2.75, 3.05) is 10.6 Å². The second kappa shape index (κ2) is 6.70. The van der Waals surface area contributed by atoms with E-state index in [1.54, 1.807) is 0 Å². The van der Waals surface area contributed by atoms with Crippen LogP contribution < -0.4 is 16.4 Å². The van der Waals surface area contributed by atoms with E-state index in [1.807, 2.05) is 20.8 Å². The van der Waals surface area contributed by atoms with E-state index >= 15 is 0 Å². The van der Waals surface area contributed by atoms with Crippen LogP contribution in [-0.4, -0.2) is 38.7 Å². The molecule has 0 spiro atoms. The number of carbonyl (C=O) groups excluding carboxylic acids is 1. The number of hydrogen-bond donors (Lipinski definition) is 4. The van der Waals surface area contributed by atoms with E-state index in [0.717, 1.165) is 0 Å². The zero-order valence-corrected chi connectivity index (χ0v) is 14.0. The topological polar surface area (TPSA) is 113 Å². The van der Waals surface area contributed by atoms with Crippen molar-refractivity contribution in [3.05, 3.63) is 11.8 Å². The minimum atomic E-state index is -1.91. The van der Waals surface area contributed by atoms with Gasteiger partial charge in [0.25, 0.3) is 5.91 Å². The summed E-state index contributed by atoms with van der Waals surface area (Å²) in [5, 5.41) is 16.3. The van der Waals surface area contributed by atoms with Crippen LogP contribution in [0.2, 0.25) is 0 Å². The van der Waals surface area contributed by atoms with Crippen LogP contribution in [0, 0.1) is 5.89 Å². The third-order valence-corrected chi connectivity index (χ3v) is 3.52. The summed E-state index contributed by atoms with van der Waals surface area (Å²) in [6.45, 7) is 7.20. The molecule has 0 aromatic carbocycles. The Morgan fingerprint density at radius 3 is 2.83 bits per heavy atom. The molecule has 0 radical (unpaired) electrons. The zero-order valence-electron chi connectivity index (χ0n) is 17.0. The zero-order chi connectivity index (χ0) is 19.9. The van der Waals surface area contributed by atoms with E-state index in [9.17, 15) is 9.90 Å². The normalized spacial score (nSPS) is 32.3. The molecule has 1 amide bonds. The summed E-state index contributed by atoms with van der Waals surface area (Å²) < 4.78 is 24.3. The number of aliphatic hydroxyl groups is 1. The van der Waals surface area contributed by atoms with Gasteiger partial charge in [-0.15, -0.1) is 0 Å². The molecule has 7 nitrogen and oxygen atoms in total. The summed E-state index contributed by atoms with van der Waals surface area (Å²) in [5.74, 6) is -1.84. The maximum Gasteiger partial charge on any atom is 0.254 e. The smallest absolute Gasteiger partial charge is 0.254 e. The monoisotopic (exact) mass is 324 g/mol. The molecule has 1 aromatic rings. The first kappa shape index (κ1) is 13.5. The van der Waals surface area contributed by atoms with Crippen LogP contribution in [0.25, 0.3) is 0 Å². The minimum Gasteiger partial charge on any atom is -0.393 e. The molecule has 1 aliphatic carbocycles. The van der Waals surface area contributed by atoms with Crippen molar-refractivity contribution in [1.29, 1.82) is 0 Å². The second-order valence-electron chi connectivity index (χ2n) is 6.85. The number of aliphatic hydroxyl groups excluding tert-OH is 1. The lowest BCUT2D eigenvalue weighted by molar-refractivity contribution is 0.0739. The first-order chi connectivity index (χ1) is 11.7. The van der Waals surface area contributed by atoms with Crippen LogP contribution in [0.1, 0.15) is 61.4 Å². The lowest BCUT2D eigenvalue weighted by atomic mass is 9.85. The number of amides is 1. The quantitative estimate of drug-likeness (QED) is 0.671. The number of hydrogen-bond acceptors (Lipinski definition) is 6. The molecule has 1 aromatic heterocycles. The van der Waals surface area contributed by atoms with Crippen molar-refractivity contribution >= 4 is 17.7 Å². The first-order valence-electron chi connectivity index (χ1n) is 9.12. The largest absolute Gasteiger partial charge is 0.393 e. The molecule has 0 saturated heterocycles. The van der Waals surface area contributed by atoms with E-state index in [4.69, 9.17) is 9.85 Å². The fraction of sp³-hybridized carbons (Fsp3) is 0.688. The second-order valence-corrected chi connectivity index (χ2v) is 6.85. The van der Waals surface area contributed by atoms with Gasteiger partial charge in [-0.2, -0.15) is 4.98 Å². The molecule has 128 valence electrons. The predicted octanol–water partition coefficient (Wildman–Crippen LogP) is 1.75. The molecular weight excluding hydrogens is 294 g/mol. The average Bonchev–Trinajstić information content (AvgIpc) is 2.43. The Bertz CT molecular complexity index is 691. The van der Waals surface area contributed by atoms with Gasteiger partial charge in [0, 0.05) is 21.9 Å². The summed E-state index contributed by atoms with van der Waals surface area (Å²) >= 11 is 0. The highest BCUT2D eigenvalue weighted by atomic mass is 16.3. The van der Waals surface area contributed by atoms with Crippen molar-refractivity contribution < 1.29 is 14.0 Å². The Balaban J connectivity index is 2.30. The summed E-state index contributed by atoms with van der Waals surface area (Å²) in [7, 11) is 0. The lowest BCUT2D eigenvalue weighted by Gasteiger charge is -2.32. The average molecular weight is 324 g/mol. The number of nitrogens with zero attached hydrogens (tertiary/aromatic N) is 2. The van der Waals surface area contributed by atoms with Gasteiger partial charge in [0.05, 0.1) is 11.7 Å². The van der Waals surface area contributed by atoms with Crippen molar-refractivity contribution in [2.45, 2.75) is 64.6 Å². The molecule has 5 N–H and O–H groups in total. The van der Waals surface area contributed by atoms with Crippen molar-refractivity contribution in [1.82, 2.24) is 9.97 Å². The third kappa shape index (κ3) is 4.79. The molecule has 0 aliphatic heterocycles. The highest BCUT2D eigenvalue weighted by Gasteiger charge is 2.27. The third-order valence-electron chi connectivity index (χ3n) is 3.52. The molecule has 0 bridgehead atoms. The van der Waals surface area contributed by atoms with Crippen LogP contribution in [-0.2, 0) is 0 Å². The number of primary amides is 1. The SMILES string of the molecule is [2H]C1([2H])CC(Nc2nc(NC(C)(C)C)ncc2C(N)=O)CC(O)C1([2H])C. The first-order valence-corrected chi connectivity index (χ1v) is 7.62. The van der Waals surface area contributed by atoms with Gasteiger partial charge in [-0.25, -0.2) is 4.98 Å². The molecule has 1 fully saturated rings. The highest BCUT2D eigenvalue weighted by Crippen LogP contribution is 2.27. The van der Waals surface area contributed by atoms with E-state index in [0.29, 0.717) is 5.95 Å². The molecule has 1 aliphatic rings. The number of aromatic nitrogens is 2. The fourth-order valence-electron chi connectivity index (χ4n) is 2.30. The molecule has 1 heterocycles. The van der Waals surface area contributed by atoms with Gasteiger partial charge in [0.15, 0.2) is 0 Å². The van der Waals surface area contributed by atoms with Gasteiger partial charge < -0.3 is 21.5 Å². The van der Waals surface area contributed by atoms with Crippen LogP contribution in [0.15, 0.2) is 6.20 Å². The molecule has 3 atom stereocenters. The number of carbonyl (C=O) groups is 1. The van der Waals surface area contributed by atoms with Gasteiger partial charge >= 0.3 is 0 Å². The van der Waals surface area contributed by atoms with Gasteiger partial charge in [-0.3, -0.25) is 4.79 Å². The highest BCUT2D eigenvalue weighted by molar-refractivity contribution is 5.97. The maximum absolute atomic E-state index is 11.7. The summed E-state index contributed by atoms with van der Waals surface area (Å²) in [6.07, 6.45) is -1.60. The standard InChI is InChI=1S/C16H27N5O2/c1-9-5-6-10(7-12(9)22)19-14-11(13(17)23)8-18-15(20-14)21-16(2,3)4/h8-10,12,22H,5-7H2,1-4H3,(H2,17,23)(H2,18,19,20,21)/i5D2,9D. The minimum absolute atomic E-state index is 0.00566. The number of nitrogens with one attached hydrogen (secondary N) is 2. The summed E-state index contributed by atoms with van der Waals surface area (Å²) in [6, 6.07) is -0.506. The van der Waals surface area contributed by atoms with Crippen LogP contribution in [0.4, 0.5) is 11.8 Å². The van der Waals surface area contributed by atoms with Gasteiger partial charge in [-0.05, 0) is 45.9 Å². The lowest BCUT2D eigenvalue weighted by Crippen LogP contribution is -2.36. The number of rotatable bonds is 4. The molecule has 3 unspecified atom stereocenters. The van der Waals surface area contributed by atoms with E-state index in [-0.39, 0.29) is 29.8 Å². The van der Waals surface area contributed by atoms with Gasteiger partial charge in [-0.1, -0.05) is 6.92 Å². The summed E-state index contributed by atoms with van der Waals surface area (Å²) in [4.78, 5) is 20.1. The summed E-state index contributed by atoms with van der Waals surface area (Å²) in [5.41, 5.74) is 5.18. The Labute approximate surface area is 141 Å². The molecule has 1 saturated carbocycles. The molecule has 2 rings (SSSR count). The Kier molecular flexibility index (Phi) is 3.94. The Hall–Kier alpha value is -1.89. The van der Waals surface area contributed by atoms with E-state index in [1.165, 1.54) is 13.1 Å². The molecule has 7 heteroatoms. The van der Waals surface area contributed by atoms with Gasteiger partial charge in [0.1, 0.15) is 5.82 Å². The molecule has 23 heavy (non-hydrogen) atoms. The van der Waals surface area contributed by atoms with Crippen molar-refractivity contribution in [3.8, 4) is 0 Å². The van der Waals surface area contributed by atoms with Crippen LogP contribution >= 0.6 is 0 Å². The van der Waals surface area contributed by atoms with Crippen molar-refractivity contribution in [2.24, 2.45) is 11.6 Å². The predicted molar refractivity (Wildman–Crippen MR) is 90.4 cm³/mol. The number of nitrogens with two attached hydrogens (primary N) is 1. The Morgan fingerprint density at radius 2 is 2.26 bits per heavy atom. The van der Waals surface area contributed by atoms with E-state index in [2.05, 4.69) is 20.6 Å². The molecular formula is C16H27N5O2. The van der Waals surface area contributed by atoms with Crippen LogP contribution in [0.3, 0.4) is 0 Å². The van der Waals surface area contributed by atoms with Crippen molar-refractivity contribution in [3.63, 3.8) is 0 Å². The Morgan fingerprint density at radius 1 is 1.57 bits per heavy atom. The maximum atomic E-state index is 11.7.